The minimum atomic E-state index is -1.09. The van der Waals surface area contributed by atoms with E-state index in [1.807, 2.05) is 0 Å². The highest BCUT2D eigenvalue weighted by Gasteiger charge is 2.33. The first-order chi connectivity index (χ1) is 4.13. The molecule has 0 heterocycles. The summed E-state index contributed by atoms with van der Waals surface area (Å²) < 4.78 is 13.1. The average Bonchev–Trinajstić information content (AvgIpc) is 1.77. The minimum absolute atomic E-state index is 0.216. The number of rotatable bonds is 0. The van der Waals surface area contributed by atoms with Gasteiger partial charge in [-0.25, -0.2) is 4.39 Å². The molecule has 2 atom stereocenters. The van der Waals surface area contributed by atoms with Crippen LogP contribution in [0.5, 0.6) is 0 Å². The third-order valence-corrected chi connectivity index (χ3v) is 2.20. The third-order valence-electron chi connectivity index (χ3n) is 2.20. The van der Waals surface area contributed by atoms with Gasteiger partial charge in [-0.1, -0.05) is 12.8 Å². The zero-order chi connectivity index (χ0) is 6.91. The summed E-state index contributed by atoms with van der Waals surface area (Å²) in [6, 6.07) is -0.216. The van der Waals surface area contributed by atoms with Gasteiger partial charge in [0.2, 0.25) is 0 Å². The van der Waals surface area contributed by atoms with Crippen molar-refractivity contribution in [2.24, 2.45) is 5.73 Å². The van der Waals surface area contributed by atoms with Crippen molar-refractivity contribution >= 4 is 0 Å². The Hall–Kier alpha value is -0.110. The van der Waals surface area contributed by atoms with Gasteiger partial charge in [0.05, 0.1) is 0 Å². The summed E-state index contributed by atoms with van der Waals surface area (Å²) in [7, 11) is 0. The molecule has 0 aromatic rings. The average molecular weight is 131 g/mol. The molecule has 0 amide bonds. The maximum atomic E-state index is 13.1. The molecule has 1 saturated carbocycles. The van der Waals surface area contributed by atoms with Gasteiger partial charge in [0, 0.05) is 6.04 Å². The summed E-state index contributed by atoms with van der Waals surface area (Å²) in [5.74, 6) is 0. The van der Waals surface area contributed by atoms with Gasteiger partial charge in [0.1, 0.15) is 5.67 Å². The summed E-state index contributed by atoms with van der Waals surface area (Å²) in [5.41, 5.74) is 4.45. The van der Waals surface area contributed by atoms with Gasteiger partial charge in [-0.3, -0.25) is 0 Å². The number of halogens is 1. The van der Waals surface area contributed by atoms with Crippen LogP contribution in [-0.4, -0.2) is 11.7 Å². The molecule has 1 fully saturated rings. The molecule has 0 spiro atoms. The van der Waals surface area contributed by atoms with Gasteiger partial charge in [-0.15, -0.1) is 0 Å². The fraction of sp³-hybridized carbons (Fsp3) is 1.00. The Labute approximate surface area is 55.4 Å². The number of alkyl halides is 1. The molecule has 0 radical (unpaired) electrons. The molecule has 0 aromatic heterocycles. The molecule has 0 aromatic carbocycles. The topological polar surface area (TPSA) is 26.0 Å². The SMILES string of the molecule is C[C@@]1(F)CCCC[C@@H]1N. The van der Waals surface area contributed by atoms with Crippen molar-refractivity contribution in [3.63, 3.8) is 0 Å². The molecular weight excluding hydrogens is 117 g/mol. The Morgan fingerprint density at radius 1 is 1.56 bits per heavy atom. The third kappa shape index (κ3) is 1.42. The van der Waals surface area contributed by atoms with Crippen molar-refractivity contribution in [2.75, 3.05) is 0 Å². The lowest BCUT2D eigenvalue weighted by Gasteiger charge is -2.31. The highest BCUT2D eigenvalue weighted by molar-refractivity contribution is 4.89. The molecule has 9 heavy (non-hydrogen) atoms. The zero-order valence-corrected chi connectivity index (χ0v) is 5.86. The Kier molecular flexibility index (Phi) is 1.75. The zero-order valence-electron chi connectivity index (χ0n) is 5.86. The van der Waals surface area contributed by atoms with Gasteiger partial charge in [0.15, 0.2) is 0 Å². The Bertz CT molecular complexity index is 101. The molecule has 0 bridgehead atoms. The predicted molar refractivity (Wildman–Crippen MR) is 36.0 cm³/mol. The van der Waals surface area contributed by atoms with E-state index in [4.69, 9.17) is 5.73 Å². The largest absolute Gasteiger partial charge is 0.325 e. The summed E-state index contributed by atoms with van der Waals surface area (Å²) >= 11 is 0. The summed E-state index contributed by atoms with van der Waals surface area (Å²) in [5, 5.41) is 0. The van der Waals surface area contributed by atoms with E-state index in [2.05, 4.69) is 0 Å². The molecule has 0 saturated heterocycles. The highest BCUT2D eigenvalue weighted by atomic mass is 19.1. The molecule has 1 aliphatic rings. The first kappa shape index (κ1) is 7.00. The second-order valence-corrected chi connectivity index (χ2v) is 3.13. The maximum absolute atomic E-state index is 13.1. The Morgan fingerprint density at radius 3 is 2.56 bits per heavy atom. The van der Waals surface area contributed by atoms with Crippen molar-refractivity contribution < 1.29 is 4.39 Å². The first-order valence-electron chi connectivity index (χ1n) is 3.57. The fourth-order valence-electron chi connectivity index (χ4n) is 1.32. The van der Waals surface area contributed by atoms with E-state index in [0.29, 0.717) is 6.42 Å². The van der Waals surface area contributed by atoms with Crippen LogP contribution in [0.25, 0.3) is 0 Å². The Morgan fingerprint density at radius 2 is 2.22 bits per heavy atom. The van der Waals surface area contributed by atoms with Crippen molar-refractivity contribution in [1.29, 1.82) is 0 Å². The van der Waals surface area contributed by atoms with Gasteiger partial charge in [-0.2, -0.15) is 0 Å². The lowest BCUT2D eigenvalue weighted by Crippen LogP contribution is -2.44. The molecule has 1 rings (SSSR count). The molecule has 2 N–H and O–H groups in total. The monoisotopic (exact) mass is 131 g/mol. The number of hydrogen-bond donors (Lipinski definition) is 1. The Balaban J connectivity index is 2.49. The molecule has 1 aliphatic carbocycles. The van der Waals surface area contributed by atoms with Crippen LogP contribution in [-0.2, 0) is 0 Å². The van der Waals surface area contributed by atoms with Crippen LogP contribution >= 0.6 is 0 Å². The van der Waals surface area contributed by atoms with E-state index in [-0.39, 0.29) is 6.04 Å². The smallest absolute Gasteiger partial charge is 0.123 e. The van der Waals surface area contributed by atoms with E-state index in [1.54, 1.807) is 6.92 Å². The molecular formula is C7H14FN. The molecule has 2 heteroatoms. The maximum Gasteiger partial charge on any atom is 0.123 e. The summed E-state index contributed by atoms with van der Waals surface area (Å²) in [6.07, 6.45) is 3.60. The van der Waals surface area contributed by atoms with Gasteiger partial charge < -0.3 is 5.73 Å². The quantitative estimate of drug-likeness (QED) is 0.531. The molecule has 1 nitrogen and oxygen atoms in total. The first-order valence-corrected chi connectivity index (χ1v) is 3.57. The molecule has 0 aliphatic heterocycles. The van der Waals surface area contributed by atoms with E-state index in [9.17, 15) is 4.39 Å². The molecule has 54 valence electrons. The normalized spacial score (nSPS) is 45.0. The van der Waals surface area contributed by atoms with Crippen LogP contribution in [0.3, 0.4) is 0 Å². The van der Waals surface area contributed by atoms with Crippen LogP contribution in [0, 0.1) is 0 Å². The fourth-order valence-corrected chi connectivity index (χ4v) is 1.32. The lowest BCUT2D eigenvalue weighted by molar-refractivity contribution is 0.103. The minimum Gasteiger partial charge on any atom is -0.325 e. The second-order valence-electron chi connectivity index (χ2n) is 3.13. The van der Waals surface area contributed by atoms with Crippen molar-refractivity contribution in [1.82, 2.24) is 0 Å². The van der Waals surface area contributed by atoms with Crippen LogP contribution in [0.1, 0.15) is 32.6 Å². The summed E-state index contributed by atoms with van der Waals surface area (Å²) in [4.78, 5) is 0. The van der Waals surface area contributed by atoms with Crippen LogP contribution in [0.15, 0.2) is 0 Å². The van der Waals surface area contributed by atoms with Crippen LogP contribution < -0.4 is 5.73 Å². The van der Waals surface area contributed by atoms with Gasteiger partial charge in [-0.05, 0) is 19.8 Å². The van der Waals surface area contributed by atoms with Crippen LogP contribution in [0.4, 0.5) is 4.39 Å². The highest BCUT2D eigenvalue weighted by Crippen LogP contribution is 2.29. The van der Waals surface area contributed by atoms with E-state index < -0.39 is 5.67 Å². The number of hydrogen-bond acceptors (Lipinski definition) is 1. The summed E-state index contributed by atoms with van der Waals surface area (Å²) in [6.45, 7) is 1.61. The van der Waals surface area contributed by atoms with E-state index in [0.717, 1.165) is 19.3 Å². The van der Waals surface area contributed by atoms with Crippen molar-refractivity contribution in [3.05, 3.63) is 0 Å². The van der Waals surface area contributed by atoms with E-state index >= 15 is 0 Å². The lowest BCUT2D eigenvalue weighted by atomic mass is 9.84. The van der Waals surface area contributed by atoms with Crippen LogP contribution in [0.2, 0.25) is 0 Å². The van der Waals surface area contributed by atoms with Gasteiger partial charge >= 0.3 is 0 Å². The second kappa shape index (κ2) is 2.25. The predicted octanol–water partition coefficient (Wildman–Crippen LogP) is 1.62. The number of nitrogens with two attached hydrogens (primary N) is 1. The molecule has 0 unspecified atom stereocenters. The van der Waals surface area contributed by atoms with Crippen molar-refractivity contribution in [3.8, 4) is 0 Å². The van der Waals surface area contributed by atoms with Gasteiger partial charge in [0.25, 0.3) is 0 Å². The van der Waals surface area contributed by atoms with E-state index in [1.165, 1.54) is 0 Å². The van der Waals surface area contributed by atoms with Crippen molar-refractivity contribution in [2.45, 2.75) is 44.3 Å². The standard InChI is InChI=1S/C7H14FN/c1-7(8)5-3-2-4-6(7)9/h6H,2-5,9H2,1H3/t6-,7+/m0/s1.